The lowest BCUT2D eigenvalue weighted by Crippen LogP contribution is -2.05. The number of thiazole rings is 1. The van der Waals surface area contributed by atoms with Crippen LogP contribution in [0.5, 0.6) is 5.75 Å². The molecule has 0 saturated heterocycles. The molecular weight excluding hydrogens is 310 g/mol. The molecule has 4 rings (SSSR count). The molecular formula is C18H13NO3S. The molecule has 2 aromatic heterocycles. The first-order valence-corrected chi connectivity index (χ1v) is 8.12. The average molecular weight is 323 g/mol. The Morgan fingerprint density at radius 3 is 2.87 bits per heavy atom. The summed E-state index contributed by atoms with van der Waals surface area (Å²) in [7, 11) is 0. The number of fused-ring (bicyclic) bond motifs is 2. The largest absolute Gasteiger partial charge is 0.508 e. The van der Waals surface area contributed by atoms with Crippen molar-refractivity contribution in [3.8, 4) is 16.3 Å². The molecule has 0 aliphatic rings. The second kappa shape index (κ2) is 5.21. The van der Waals surface area contributed by atoms with Gasteiger partial charge in [-0.3, -0.25) is 4.79 Å². The first kappa shape index (κ1) is 14.0. The molecule has 0 atom stereocenters. The maximum absolute atomic E-state index is 12.8. The van der Waals surface area contributed by atoms with Crippen LogP contribution < -0.4 is 5.43 Å². The molecule has 114 valence electrons. The van der Waals surface area contributed by atoms with E-state index in [2.05, 4.69) is 4.98 Å². The number of benzene rings is 2. The molecule has 1 N–H and O–H groups in total. The Morgan fingerprint density at radius 1 is 1.26 bits per heavy atom. The monoisotopic (exact) mass is 323 g/mol. The number of hydrogen-bond acceptors (Lipinski definition) is 5. The molecule has 2 aromatic carbocycles. The van der Waals surface area contributed by atoms with Crippen molar-refractivity contribution in [2.24, 2.45) is 0 Å². The van der Waals surface area contributed by atoms with Gasteiger partial charge in [0.1, 0.15) is 22.6 Å². The summed E-state index contributed by atoms with van der Waals surface area (Å²) in [5, 5.41) is 11.0. The van der Waals surface area contributed by atoms with Crippen LogP contribution in [0.1, 0.15) is 12.5 Å². The third-order valence-electron chi connectivity index (χ3n) is 3.88. The Labute approximate surface area is 135 Å². The van der Waals surface area contributed by atoms with Gasteiger partial charge in [0.15, 0.2) is 0 Å². The minimum Gasteiger partial charge on any atom is -0.508 e. The lowest BCUT2D eigenvalue weighted by molar-refractivity contribution is 0.467. The van der Waals surface area contributed by atoms with Crippen molar-refractivity contribution >= 4 is 32.5 Å². The minimum atomic E-state index is -0.125. The molecule has 0 saturated carbocycles. The average Bonchev–Trinajstić information content (AvgIpc) is 2.98. The smallest absolute Gasteiger partial charge is 0.202 e. The van der Waals surface area contributed by atoms with E-state index in [4.69, 9.17) is 4.42 Å². The van der Waals surface area contributed by atoms with Gasteiger partial charge in [0.25, 0.3) is 0 Å². The molecule has 23 heavy (non-hydrogen) atoms. The van der Waals surface area contributed by atoms with E-state index in [1.54, 1.807) is 6.07 Å². The zero-order valence-corrected chi connectivity index (χ0v) is 13.2. The second-order valence-electron chi connectivity index (χ2n) is 5.30. The van der Waals surface area contributed by atoms with Gasteiger partial charge in [-0.15, -0.1) is 11.3 Å². The molecule has 0 amide bonds. The van der Waals surface area contributed by atoms with Crippen molar-refractivity contribution < 1.29 is 9.52 Å². The number of phenols is 1. The number of hydrogen-bond donors (Lipinski definition) is 1. The molecule has 0 aliphatic carbocycles. The number of phenolic OH excluding ortho intramolecular Hbond substituents is 1. The molecule has 4 aromatic rings. The third-order valence-corrected chi connectivity index (χ3v) is 4.95. The van der Waals surface area contributed by atoms with Crippen LogP contribution in [0.2, 0.25) is 0 Å². The number of nitrogens with zero attached hydrogens (tertiary/aromatic N) is 1. The Bertz CT molecular complexity index is 1060. The van der Waals surface area contributed by atoms with E-state index < -0.39 is 0 Å². The number of aryl methyl sites for hydroxylation is 1. The fourth-order valence-corrected chi connectivity index (χ4v) is 3.60. The van der Waals surface area contributed by atoms with Crippen LogP contribution in [0.3, 0.4) is 0 Å². The van der Waals surface area contributed by atoms with Crippen LogP contribution in [0.4, 0.5) is 0 Å². The Morgan fingerprint density at radius 2 is 2.09 bits per heavy atom. The van der Waals surface area contributed by atoms with Gasteiger partial charge in [0, 0.05) is 6.07 Å². The van der Waals surface area contributed by atoms with E-state index >= 15 is 0 Å². The predicted molar refractivity (Wildman–Crippen MR) is 92.1 cm³/mol. The number of para-hydroxylation sites is 1. The highest BCUT2D eigenvalue weighted by Crippen LogP contribution is 2.30. The summed E-state index contributed by atoms with van der Waals surface area (Å²) < 4.78 is 6.59. The Hall–Kier alpha value is -2.66. The quantitative estimate of drug-likeness (QED) is 0.596. The van der Waals surface area contributed by atoms with E-state index in [1.165, 1.54) is 23.7 Å². The van der Waals surface area contributed by atoms with Gasteiger partial charge < -0.3 is 9.52 Å². The van der Waals surface area contributed by atoms with Crippen LogP contribution in [0.15, 0.2) is 51.9 Å². The van der Waals surface area contributed by atoms with E-state index in [0.29, 0.717) is 28.0 Å². The summed E-state index contributed by atoms with van der Waals surface area (Å²) in [5.41, 5.74) is 2.30. The maximum atomic E-state index is 12.8. The Balaban J connectivity index is 1.98. The molecule has 0 aliphatic heterocycles. The topological polar surface area (TPSA) is 63.3 Å². The summed E-state index contributed by atoms with van der Waals surface area (Å²) >= 11 is 1.47. The first-order valence-electron chi connectivity index (χ1n) is 7.30. The molecule has 0 unspecified atom stereocenters. The summed E-state index contributed by atoms with van der Waals surface area (Å²) in [4.78, 5) is 17.3. The minimum absolute atomic E-state index is 0.125. The number of aromatic hydroxyl groups is 1. The molecule has 0 spiro atoms. The lowest BCUT2D eigenvalue weighted by Gasteiger charge is -2.04. The molecule has 2 heterocycles. The fourth-order valence-electron chi connectivity index (χ4n) is 2.63. The molecule has 0 bridgehead atoms. The van der Waals surface area contributed by atoms with Crippen LogP contribution >= 0.6 is 11.3 Å². The zero-order chi connectivity index (χ0) is 16.0. The van der Waals surface area contributed by atoms with Gasteiger partial charge in [-0.25, -0.2) is 4.98 Å². The zero-order valence-electron chi connectivity index (χ0n) is 12.4. The summed E-state index contributed by atoms with van der Waals surface area (Å²) in [5.74, 6) is 0.149. The van der Waals surface area contributed by atoms with Gasteiger partial charge in [0.05, 0.1) is 21.2 Å². The van der Waals surface area contributed by atoms with E-state index in [-0.39, 0.29) is 11.2 Å². The highest BCUT2D eigenvalue weighted by molar-refractivity contribution is 7.21. The normalized spacial score (nSPS) is 11.3. The van der Waals surface area contributed by atoms with Crippen LogP contribution in [0.25, 0.3) is 31.8 Å². The lowest BCUT2D eigenvalue weighted by atomic mass is 10.1. The van der Waals surface area contributed by atoms with Crippen molar-refractivity contribution in [3.05, 3.63) is 58.4 Å². The van der Waals surface area contributed by atoms with Gasteiger partial charge >= 0.3 is 0 Å². The van der Waals surface area contributed by atoms with Crippen molar-refractivity contribution in [2.75, 3.05) is 0 Å². The summed E-state index contributed by atoms with van der Waals surface area (Å²) in [6.45, 7) is 1.93. The first-order chi connectivity index (χ1) is 11.2. The SMILES string of the molecule is CCc1cc2c(=O)c(-c3nc4ccccc4s3)coc2cc1O. The van der Waals surface area contributed by atoms with Gasteiger partial charge in [-0.05, 0) is 30.2 Å². The van der Waals surface area contributed by atoms with E-state index in [1.807, 2.05) is 31.2 Å². The van der Waals surface area contributed by atoms with E-state index in [9.17, 15) is 9.90 Å². The highest BCUT2D eigenvalue weighted by atomic mass is 32.1. The summed E-state index contributed by atoms with van der Waals surface area (Å²) in [6, 6.07) is 11.0. The number of aromatic nitrogens is 1. The number of rotatable bonds is 2. The maximum Gasteiger partial charge on any atom is 0.202 e. The van der Waals surface area contributed by atoms with Gasteiger partial charge in [0.2, 0.25) is 5.43 Å². The molecule has 4 nitrogen and oxygen atoms in total. The fraction of sp³-hybridized carbons (Fsp3) is 0.111. The molecule has 0 fully saturated rings. The highest BCUT2D eigenvalue weighted by Gasteiger charge is 2.15. The predicted octanol–water partition coefficient (Wildman–Crippen LogP) is 4.34. The standard InChI is InChI=1S/C18H13NO3S/c1-2-10-7-11-15(8-14(10)20)22-9-12(17(11)21)18-19-13-5-3-4-6-16(13)23-18/h3-9,20H,2H2,1H3. The second-order valence-corrected chi connectivity index (χ2v) is 6.33. The van der Waals surface area contributed by atoms with Crippen molar-refractivity contribution in [1.82, 2.24) is 4.98 Å². The van der Waals surface area contributed by atoms with Crippen LogP contribution in [-0.2, 0) is 6.42 Å². The Kier molecular flexibility index (Phi) is 3.16. The molecule has 5 heteroatoms. The van der Waals surface area contributed by atoms with Gasteiger partial charge in [-0.2, -0.15) is 0 Å². The van der Waals surface area contributed by atoms with Crippen molar-refractivity contribution in [1.29, 1.82) is 0 Å². The van der Waals surface area contributed by atoms with E-state index in [0.717, 1.165) is 15.8 Å². The molecule has 0 radical (unpaired) electrons. The van der Waals surface area contributed by atoms with Crippen molar-refractivity contribution in [2.45, 2.75) is 13.3 Å². The third kappa shape index (κ3) is 2.21. The van der Waals surface area contributed by atoms with Gasteiger partial charge in [-0.1, -0.05) is 19.1 Å². The van der Waals surface area contributed by atoms with Crippen LogP contribution in [0, 0.1) is 0 Å². The summed E-state index contributed by atoms with van der Waals surface area (Å²) in [6.07, 6.45) is 2.07. The van der Waals surface area contributed by atoms with Crippen LogP contribution in [-0.4, -0.2) is 10.1 Å². The van der Waals surface area contributed by atoms with Crippen molar-refractivity contribution in [3.63, 3.8) is 0 Å².